The van der Waals surface area contributed by atoms with E-state index in [-0.39, 0.29) is 0 Å². The molecule has 0 aliphatic rings. The Bertz CT molecular complexity index is 3030. The minimum absolute atomic E-state index is 0.419. The summed E-state index contributed by atoms with van der Waals surface area (Å²) in [4.78, 5) is 15.3. The molecule has 0 fully saturated rings. The third kappa shape index (κ3) is 6.64. The second-order valence-corrected chi connectivity index (χ2v) is 14.9. The van der Waals surface area contributed by atoms with E-state index in [1.54, 1.807) is 0 Å². The molecular formula is C53H36F2N4. The van der Waals surface area contributed by atoms with Crippen LogP contribution in [0.5, 0.6) is 0 Å². The summed E-state index contributed by atoms with van der Waals surface area (Å²) in [5.74, 6) is 0.228. The van der Waals surface area contributed by atoms with Crippen LogP contribution in [0.15, 0.2) is 182 Å². The van der Waals surface area contributed by atoms with Gasteiger partial charge in [0.1, 0.15) is 11.6 Å². The molecule has 0 radical (unpaired) electrons. The molecule has 8 aromatic carbocycles. The van der Waals surface area contributed by atoms with Gasteiger partial charge in [0.2, 0.25) is 0 Å². The second kappa shape index (κ2) is 14.7. The van der Waals surface area contributed by atoms with Crippen LogP contribution in [0.2, 0.25) is 0 Å². The predicted octanol–water partition coefficient (Wildman–Crippen LogP) is 13.9. The molecule has 0 bridgehead atoms. The fourth-order valence-corrected chi connectivity index (χ4v) is 8.14. The summed E-state index contributed by atoms with van der Waals surface area (Å²) in [6.07, 6.45) is 0. The minimum atomic E-state index is -0.647. The highest BCUT2D eigenvalue weighted by atomic mass is 19.1. The molecular weight excluding hydrogens is 731 g/mol. The molecule has 59 heavy (non-hydrogen) atoms. The molecule has 0 amide bonds. The topological polar surface area (TPSA) is 43.6 Å². The molecule has 0 aliphatic heterocycles. The van der Waals surface area contributed by atoms with E-state index in [1.807, 2.05) is 78.9 Å². The van der Waals surface area contributed by atoms with E-state index in [0.717, 1.165) is 72.5 Å². The molecule has 0 saturated heterocycles. The highest BCUT2D eigenvalue weighted by Gasteiger charge is 2.22. The average Bonchev–Trinajstić information content (AvgIpc) is 3.59. The normalized spacial score (nSPS) is 11.4. The van der Waals surface area contributed by atoms with Gasteiger partial charge in [-0.05, 0) is 94.8 Å². The van der Waals surface area contributed by atoms with Crippen molar-refractivity contribution in [3.63, 3.8) is 0 Å². The first-order valence-electron chi connectivity index (χ1n) is 19.6. The van der Waals surface area contributed by atoms with Crippen LogP contribution in [0.3, 0.4) is 0 Å². The molecule has 10 rings (SSSR count). The Morgan fingerprint density at radius 2 is 0.814 bits per heavy atom. The lowest BCUT2D eigenvalue weighted by atomic mass is 9.98. The zero-order valence-corrected chi connectivity index (χ0v) is 32.4. The third-order valence-corrected chi connectivity index (χ3v) is 11.1. The lowest BCUT2D eigenvalue weighted by Crippen LogP contribution is -2.04. The summed E-state index contributed by atoms with van der Waals surface area (Å²) >= 11 is 0. The largest absolute Gasteiger partial charge is 0.308 e. The zero-order chi connectivity index (χ0) is 40.0. The van der Waals surface area contributed by atoms with Crippen LogP contribution in [-0.2, 0) is 0 Å². The predicted molar refractivity (Wildman–Crippen MR) is 236 cm³/mol. The van der Waals surface area contributed by atoms with Gasteiger partial charge in [0.05, 0.1) is 16.7 Å². The number of halogens is 2. The second-order valence-electron chi connectivity index (χ2n) is 14.9. The van der Waals surface area contributed by atoms with E-state index in [4.69, 9.17) is 15.0 Å². The molecule has 6 heteroatoms. The van der Waals surface area contributed by atoms with Crippen LogP contribution < -0.4 is 0 Å². The number of aromatic nitrogens is 4. The maximum atomic E-state index is 14.9. The van der Waals surface area contributed by atoms with Gasteiger partial charge in [-0.3, -0.25) is 0 Å². The van der Waals surface area contributed by atoms with Crippen molar-refractivity contribution in [1.29, 1.82) is 0 Å². The van der Waals surface area contributed by atoms with Gasteiger partial charge in [-0.2, -0.15) is 0 Å². The molecule has 282 valence electrons. The van der Waals surface area contributed by atoms with Crippen molar-refractivity contribution >= 4 is 21.8 Å². The SMILES string of the molecule is Cc1ccccc1-c1ccc2c3ccc(-c4ccccc4C)cc3n(-c3cc(-c4cc(F)cc(F)c4)ccc3-c3nc(-c4ccccc4)nc(-c4ccccc4)n3)c2c1. The van der Waals surface area contributed by atoms with Crippen LogP contribution in [0.4, 0.5) is 8.78 Å². The van der Waals surface area contributed by atoms with Gasteiger partial charge in [-0.1, -0.05) is 140 Å². The molecule has 4 nitrogen and oxygen atoms in total. The van der Waals surface area contributed by atoms with Crippen LogP contribution in [0, 0.1) is 25.5 Å². The maximum Gasteiger partial charge on any atom is 0.166 e. The number of hydrogen-bond acceptors (Lipinski definition) is 3. The van der Waals surface area contributed by atoms with Crippen LogP contribution in [-0.4, -0.2) is 19.5 Å². The van der Waals surface area contributed by atoms with Gasteiger partial charge in [0, 0.05) is 33.5 Å². The van der Waals surface area contributed by atoms with E-state index in [1.165, 1.54) is 23.3 Å². The summed E-state index contributed by atoms with van der Waals surface area (Å²) in [5.41, 5.74) is 12.9. The van der Waals surface area contributed by atoms with E-state index >= 15 is 0 Å². The Kier molecular flexibility index (Phi) is 8.95. The number of hydrogen-bond donors (Lipinski definition) is 0. The fourth-order valence-electron chi connectivity index (χ4n) is 8.14. The summed E-state index contributed by atoms with van der Waals surface area (Å²) < 4.78 is 32.0. The quantitative estimate of drug-likeness (QED) is 0.162. The Morgan fingerprint density at radius 1 is 0.356 bits per heavy atom. The Morgan fingerprint density at radius 3 is 1.32 bits per heavy atom. The monoisotopic (exact) mass is 766 g/mol. The Hall–Kier alpha value is -7.57. The van der Waals surface area contributed by atoms with E-state index < -0.39 is 11.6 Å². The van der Waals surface area contributed by atoms with Crippen molar-refractivity contribution in [3.8, 4) is 73.2 Å². The maximum absolute atomic E-state index is 14.9. The first-order valence-corrected chi connectivity index (χ1v) is 19.6. The Labute approximate surface area is 340 Å². The minimum Gasteiger partial charge on any atom is -0.308 e. The van der Waals surface area contributed by atoms with Crippen molar-refractivity contribution in [3.05, 3.63) is 205 Å². The number of nitrogens with zero attached hydrogens (tertiary/aromatic N) is 4. The number of rotatable bonds is 7. The third-order valence-electron chi connectivity index (χ3n) is 11.1. The summed E-state index contributed by atoms with van der Waals surface area (Å²) in [5, 5.41) is 2.12. The molecule has 10 aromatic rings. The van der Waals surface area contributed by atoms with Gasteiger partial charge in [0.25, 0.3) is 0 Å². The van der Waals surface area contributed by atoms with E-state index in [9.17, 15) is 8.78 Å². The molecule has 0 aliphatic carbocycles. The molecule has 0 N–H and O–H groups in total. The number of benzene rings is 8. The van der Waals surface area contributed by atoms with E-state index in [2.05, 4.69) is 103 Å². The van der Waals surface area contributed by atoms with Crippen LogP contribution in [0.1, 0.15) is 11.1 Å². The van der Waals surface area contributed by atoms with Crippen molar-refractivity contribution < 1.29 is 8.78 Å². The van der Waals surface area contributed by atoms with Gasteiger partial charge in [-0.15, -0.1) is 0 Å². The summed E-state index contributed by atoms with van der Waals surface area (Å²) in [7, 11) is 0. The highest BCUT2D eigenvalue weighted by molar-refractivity contribution is 6.12. The van der Waals surface area contributed by atoms with Crippen LogP contribution >= 0.6 is 0 Å². The van der Waals surface area contributed by atoms with Crippen molar-refractivity contribution in [2.45, 2.75) is 13.8 Å². The van der Waals surface area contributed by atoms with Crippen molar-refractivity contribution in [2.24, 2.45) is 0 Å². The smallest absolute Gasteiger partial charge is 0.166 e. The van der Waals surface area contributed by atoms with Crippen molar-refractivity contribution in [2.75, 3.05) is 0 Å². The number of aryl methyl sites for hydroxylation is 2. The highest BCUT2D eigenvalue weighted by Crippen LogP contribution is 2.41. The van der Waals surface area contributed by atoms with Crippen molar-refractivity contribution in [1.82, 2.24) is 19.5 Å². The van der Waals surface area contributed by atoms with Gasteiger partial charge < -0.3 is 4.57 Å². The van der Waals surface area contributed by atoms with E-state index in [0.29, 0.717) is 28.6 Å². The lowest BCUT2D eigenvalue weighted by Gasteiger charge is -2.17. The first-order chi connectivity index (χ1) is 28.9. The molecule has 0 unspecified atom stereocenters. The standard InChI is InChI=1S/C53H36F2N4/c1-33-13-9-11-19-43(33)38-22-24-45-46-25-23-39(44-20-12-10-14-34(44)2)31-49(46)59(48(45)30-38)50-29-37(40-27-41(54)32-42(55)28-40)21-26-47(50)53-57-51(35-15-5-3-6-16-35)56-52(58-53)36-17-7-4-8-18-36/h3-32H,1-2H3. The molecule has 0 spiro atoms. The molecule has 2 aromatic heterocycles. The fraction of sp³-hybridized carbons (Fsp3) is 0.0377. The molecule has 0 saturated carbocycles. The zero-order valence-electron chi connectivity index (χ0n) is 32.4. The average molecular weight is 767 g/mol. The molecule has 2 heterocycles. The lowest BCUT2D eigenvalue weighted by molar-refractivity contribution is 0.584. The number of fused-ring (bicyclic) bond motifs is 3. The van der Waals surface area contributed by atoms with Gasteiger partial charge in [0.15, 0.2) is 17.5 Å². The Balaban J connectivity index is 1.33. The van der Waals surface area contributed by atoms with Gasteiger partial charge in [-0.25, -0.2) is 23.7 Å². The first kappa shape index (κ1) is 35.8. The molecule has 0 atom stereocenters. The van der Waals surface area contributed by atoms with Gasteiger partial charge >= 0.3 is 0 Å². The van der Waals surface area contributed by atoms with Crippen LogP contribution in [0.25, 0.3) is 95.0 Å². The summed E-state index contributed by atoms with van der Waals surface area (Å²) in [6.45, 7) is 4.25. The summed E-state index contributed by atoms with van der Waals surface area (Å²) in [6, 6.07) is 59.2.